The summed E-state index contributed by atoms with van der Waals surface area (Å²) in [7, 11) is 1.87. The second-order valence-corrected chi connectivity index (χ2v) is 2.84. The molecule has 0 spiro atoms. The fourth-order valence-electron chi connectivity index (χ4n) is 0.942. The smallest absolute Gasteiger partial charge is 0.303 e. The molecule has 72 valence electrons. The highest BCUT2D eigenvalue weighted by atomic mass is 19.1. The molecule has 0 unspecified atom stereocenters. The van der Waals surface area contributed by atoms with Crippen LogP contribution in [0.25, 0.3) is 0 Å². The summed E-state index contributed by atoms with van der Waals surface area (Å²) in [5.74, 6) is -0.770. The molecular formula is C8H16FNO2. The predicted octanol–water partition coefficient (Wildman–Crippen LogP) is 1.14. The summed E-state index contributed by atoms with van der Waals surface area (Å²) in [6, 6.07) is 0. The quantitative estimate of drug-likeness (QED) is 0.634. The predicted molar refractivity (Wildman–Crippen MR) is 45.0 cm³/mol. The van der Waals surface area contributed by atoms with Crippen LogP contribution in [0.3, 0.4) is 0 Å². The summed E-state index contributed by atoms with van der Waals surface area (Å²) in [6.45, 7) is 1.13. The average Bonchev–Trinajstić information content (AvgIpc) is 2.00. The van der Waals surface area contributed by atoms with E-state index in [-0.39, 0.29) is 13.1 Å². The van der Waals surface area contributed by atoms with E-state index in [4.69, 9.17) is 5.11 Å². The van der Waals surface area contributed by atoms with Gasteiger partial charge in [0.2, 0.25) is 0 Å². The van der Waals surface area contributed by atoms with E-state index in [2.05, 4.69) is 0 Å². The zero-order valence-electron chi connectivity index (χ0n) is 7.42. The van der Waals surface area contributed by atoms with Crippen LogP contribution >= 0.6 is 0 Å². The Morgan fingerprint density at radius 2 is 2.00 bits per heavy atom. The average molecular weight is 177 g/mol. The molecule has 0 aromatic carbocycles. The van der Waals surface area contributed by atoms with E-state index in [0.717, 1.165) is 6.54 Å². The number of carbonyl (C=O) groups is 1. The summed E-state index contributed by atoms with van der Waals surface area (Å²) >= 11 is 0. The Hall–Kier alpha value is -0.640. The fourth-order valence-corrected chi connectivity index (χ4v) is 0.942. The molecule has 0 bridgehead atoms. The summed E-state index contributed by atoms with van der Waals surface area (Å²) in [5.41, 5.74) is 0. The van der Waals surface area contributed by atoms with Gasteiger partial charge in [0, 0.05) is 13.0 Å². The van der Waals surface area contributed by atoms with Crippen LogP contribution in [0.5, 0.6) is 0 Å². The van der Waals surface area contributed by atoms with Crippen molar-refractivity contribution in [2.45, 2.75) is 19.3 Å². The first-order chi connectivity index (χ1) is 5.66. The van der Waals surface area contributed by atoms with Crippen LogP contribution in [0.2, 0.25) is 0 Å². The topological polar surface area (TPSA) is 40.5 Å². The van der Waals surface area contributed by atoms with Gasteiger partial charge in [0.25, 0.3) is 0 Å². The van der Waals surface area contributed by atoms with Crippen LogP contribution in [-0.4, -0.2) is 42.8 Å². The van der Waals surface area contributed by atoms with Crippen LogP contribution in [0.1, 0.15) is 19.3 Å². The van der Waals surface area contributed by atoms with Gasteiger partial charge in [0.15, 0.2) is 0 Å². The van der Waals surface area contributed by atoms with E-state index < -0.39 is 5.97 Å². The molecule has 0 aromatic heterocycles. The lowest BCUT2D eigenvalue weighted by atomic mass is 10.3. The Balaban J connectivity index is 3.19. The normalized spacial score (nSPS) is 10.6. The molecule has 0 atom stereocenters. The Bertz CT molecular complexity index is 130. The second kappa shape index (κ2) is 7.03. The molecule has 0 rings (SSSR count). The van der Waals surface area contributed by atoms with Gasteiger partial charge < -0.3 is 10.0 Å². The maximum absolute atomic E-state index is 11.7. The van der Waals surface area contributed by atoms with Crippen molar-refractivity contribution in [2.24, 2.45) is 0 Å². The molecule has 12 heavy (non-hydrogen) atoms. The minimum absolute atomic E-state index is 0.194. The molecule has 3 nitrogen and oxygen atoms in total. The van der Waals surface area contributed by atoms with Crippen molar-refractivity contribution in [3.63, 3.8) is 0 Å². The highest BCUT2D eigenvalue weighted by Gasteiger charge is 2.00. The fraction of sp³-hybridized carbons (Fsp3) is 0.875. The number of carboxylic acids is 1. The van der Waals surface area contributed by atoms with Crippen LogP contribution in [-0.2, 0) is 4.79 Å². The maximum Gasteiger partial charge on any atom is 0.303 e. The Morgan fingerprint density at radius 3 is 2.50 bits per heavy atom. The molecule has 0 aliphatic heterocycles. The Morgan fingerprint density at radius 1 is 1.42 bits per heavy atom. The number of hydrogen-bond donors (Lipinski definition) is 1. The summed E-state index contributed by atoms with van der Waals surface area (Å²) in [4.78, 5) is 12.1. The maximum atomic E-state index is 11.7. The van der Waals surface area contributed by atoms with Crippen molar-refractivity contribution < 1.29 is 14.3 Å². The third-order valence-corrected chi connectivity index (χ3v) is 1.60. The molecule has 0 amide bonds. The van der Waals surface area contributed by atoms with Gasteiger partial charge in [-0.05, 0) is 26.4 Å². The lowest BCUT2D eigenvalue weighted by Gasteiger charge is -2.14. The number of halogens is 1. The Labute approximate surface area is 72.2 Å². The number of alkyl halides is 1. The summed E-state index contributed by atoms with van der Waals surface area (Å²) in [6.07, 6.45) is 1.36. The molecule has 0 saturated heterocycles. The van der Waals surface area contributed by atoms with Crippen molar-refractivity contribution in [3.8, 4) is 0 Å². The lowest BCUT2D eigenvalue weighted by molar-refractivity contribution is -0.137. The van der Waals surface area contributed by atoms with Gasteiger partial charge in [0.05, 0.1) is 6.67 Å². The molecule has 0 aliphatic rings. The van der Waals surface area contributed by atoms with Crippen molar-refractivity contribution in [1.29, 1.82) is 0 Å². The molecule has 1 N–H and O–H groups in total. The molecule has 0 aromatic rings. The van der Waals surface area contributed by atoms with Crippen molar-refractivity contribution in [2.75, 3.05) is 26.8 Å². The minimum atomic E-state index is -0.770. The van der Waals surface area contributed by atoms with Gasteiger partial charge in [-0.3, -0.25) is 9.18 Å². The highest BCUT2D eigenvalue weighted by Crippen LogP contribution is 1.94. The van der Waals surface area contributed by atoms with E-state index >= 15 is 0 Å². The molecule has 0 aliphatic carbocycles. The largest absolute Gasteiger partial charge is 0.481 e. The van der Waals surface area contributed by atoms with Gasteiger partial charge in [-0.15, -0.1) is 0 Å². The zero-order chi connectivity index (χ0) is 9.40. The SMILES string of the molecule is CN(CCCF)CCCC(=O)O. The second-order valence-electron chi connectivity index (χ2n) is 2.84. The van der Waals surface area contributed by atoms with E-state index in [1.54, 1.807) is 0 Å². The monoisotopic (exact) mass is 177 g/mol. The van der Waals surface area contributed by atoms with Crippen LogP contribution in [0.4, 0.5) is 4.39 Å². The molecule has 0 saturated carbocycles. The van der Waals surface area contributed by atoms with E-state index in [1.165, 1.54) is 0 Å². The lowest BCUT2D eigenvalue weighted by Crippen LogP contribution is -2.21. The third-order valence-electron chi connectivity index (χ3n) is 1.60. The van der Waals surface area contributed by atoms with E-state index in [0.29, 0.717) is 19.4 Å². The summed E-state index contributed by atoms with van der Waals surface area (Å²) in [5, 5.41) is 8.32. The summed E-state index contributed by atoms with van der Waals surface area (Å²) < 4.78 is 11.7. The molecule has 0 fully saturated rings. The first kappa shape index (κ1) is 11.4. The van der Waals surface area contributed by atoms with Gasteiger partial charge in [-0.2, -0.15) is 0 Å². The minimum Gasteiger partial charge on any atom is -0.481 e. The number of carboxylic acid groups (broad SMARTS) is 1. The van der Waals surface area contributed by atoms with Crippen LogP contribution in [0, 0.1) is 0 Å². The van der Waals surface area contributed by atoms with E-state index in [9.17, 15) is 9.18 Å². The molecular weight excluding hydrogens is 161 g/mol. The third kappa shape index (κ3) is 7.47. The number of nitrogens with zero attached hydrogens (tertiary/aromatic N) is 1. The van der Waals surface area contributed by atoms with Gasteiger partial charge in [-0.25, -0.2) is 0 Å². The van der Waals surface area contributed by atoms with Gasteiger partial charge in [0.1, 0.15) is 0 Å². The molecule has 0 heterocycles. The number of rotatable bonds is 7. The Kier molecular flexibility index (Phi) is 6.66. The highest BCUT2D eigenvalue weighted by molar-refractivity contribution is 5.66. The first-order valence-electron chi connectivity index (χ1n) is 4.13. The van der Waals surface area contributed by atoms with Crippen molar-refractivity contribution in [3.05, 3.63) is 0 Å². The van der Waals surface area contributed by atoms with Crippen LogP contribution < -0.4 is 0 Å². The zero-order valence-corrected chi connectivity index (χ0v) is 7.42. The van der Waals surface area contributed by atoms with E-state index in [1.807, 2.05) is 11.9 Å². The van der Waals surface area contributed by atoms with Crippen molar-refractivity contribution in [1.82, 2.24) is 4.90 Å². The molecule has 0 radical (unpaired) electrons. The van der Waals surface area contributed by atoms with Gasteiger partial charge in [-0.1, -0.05) is 0 Å². The van der Waals surface area contributed by atoms with Crippen LogP contribution in [0.15, 0.2) is 0 Å². The number of hydrogen-bond acceptors (Lipinski definition) is 2. The standard InChI is InChI=1S/C8H16FNO2/c1-10(7-3-5-9)6-2-4-8(11)12/h2-7H2,1H3,(H,11,12). The molecule has 4 heteroatoms. The van der Waals surface area contributed by atoms with Gasteiger partial charge >= 0.3 is 5.97 Å². The van der Waals surface area contributed by atoms with Crippen molar-refractivity contribution >= 4 is 5.97 Å². The number of aliphatic carboxylic acids is 1. The first-order valence-corrected chi connectivity index (χ1v) is 4.13.